The van der Waals surface area contributed by atoms with E-state index in [4.69, 9.17) is 16.3 Å². The third kappa shape index (κ3) is 5.86. The summed E-state index contributed by atoms with van der Waals surface area (Å²) in [5.41, 5.74) is 1.04. The minimum Gasteiger partial charge on any atom is -0.454 e. The molecule has 4 bridgehead atoms. The molecule has 1 N–H and O–H groups in total. The molecule has 0 aliphatic heterocycles. The molecule has 4 saturated carbocycles. The molecule has 9 heteroatoms. The maximum atomic E-state index is 12.6. The van der Waals surface area contributed by atoms with Gasteiger partial charge < -0.3 is 14.6 Å². The zero-order chi connectivity index (χ0) is 24.4. The van der Waals surface area contributed by atoms with Crippen LogP contribution in [0.1, 0.15) is 50.5 Å². The number of rotatable bonds is 8. The molecule has 35 heavy (non-hydrogen) atoms. The number of halogens is 1. The van der Waals surface area contributed by atoms with Crippen molar-refractivity contribution in [2.45, 2.75) is 51.5 Å². The lowest BCUT2D eigenvalue weighted by Crippen LogP contribution is -2.48. The van der Waals surface area contributed by atoms with Crippen LogP contribution in [0.4, 0.5) is 0 Å². The number of amides is 2. The van der Waals surface area contributed by atoms with E-state index in [0.29, 0.717) is 22.8 Å². The first kappa shape index (κ1) is 24.3. The first-order valence-corrected chi connectivity index (χ1v) is 13.5. The molecular formula is C26H30ClN3O4S. The smallest absolute Gasteiger partial charge is 0.325 e. The average Bonchev–Trinajstić information content (AvgIpc) is 3.23. The molecule has 0 saturated heterocycles. The standard InChI is InChI=1S/C26H30ClN3O4S/c27-21-4-2-1-3-20(21)15-30-5-6-35-25(30)29-23(32)16-34-24(33)14-28-22(31)13-26-10-17-7-18(11-26)9-19(8-17)12-26/h1-6,17-19H,7-16H2,(H,28,31). The lowest BCUT2D eigenvalue weighted by molar-refractivity contribution is -0.148. The van der Waals surface area contributed by atoms with Crippen LogP contribution in [0.5, 0.6) is 0 Å². The van der Waals surface area contributed by atoms with Crippen molar-refractivity contribution in [3.8, 4) is 0 Å². The first-order valence-electron chi connectivity index (χ1n) is 12.2. The fourth-order valence-electron chi connectivity index (χ4n) is 6.73. The molecular weight excluding hydrogens is 486 g/mol. The Morgan fingerprint density at radius 1 is 1.11 bits per heavy atom. The summed E-state index contributed by atoms with van der Waals surface area (Å²) < 4.78 is 6.87. The van der Waals surface area contributed by atoms with E-state index in [1.54, 1.807) is 0 Å². The average molecular weight is 516 g/mol. The van der Waals surface area contributed by atoms with Crippen molar-refractivity contribution in [2.75, 3.05) is 13.2 Å². The molecule has 4 aliphatic rings. The van der Waals surface area contributed by atoms with E-state index in [1.807, 2.05) is 40.4 Å². The molecule has 2 aromatic rings. The van der Waals surface area contributed by atoms with Crippen molar-refractivity contribution >= 4 is 40.7 Å². The zero-order valence-corrected chi connectivity index (χ0v) is 21.2. The predicted octanol–water partition coefficient (Wildman–Crippen LogP) is 3.94. The lowest BCUT2D eigenvalue weighted by Gasteiger charge is -2.56. The monoisotopic (exact) mass is 515 g/mol. The Bertz CT molecular complexity index is 1150. The second-order valence-electron chi connectivity index (χ2n) is 10.4. The Morgan fingerprint density at radius 2 is 1.80 bits per heavy atom. The number of ether oxygens (including phenoxy) is 1. The van der Waals surface area contributed by atoms with Crippen molar-refractivity contribution < 1.29 is 19.1 Å². The minimum atomic E-state index is -0.637. The number of carbonyl (C=O) groups is 3. The maximum Gasteiger partial charge on any atom is 0.325 e. The molecule has 0 spiro atoms. The van der Waals surface area contributed by atoms with E-state index < -0.39 is 18.5 Å². The summed E-state index contributed by atoms with van der Waals surface area (Å²) in [6.45, 7) is -0.220. The summed E-state index contributed by atoms with van der Waals surface area (Å²) in [5.74, 6) is 1.04. The Balaban J connectivity index is 1.08. The number of benzene rings is 1. The van der Waals surface area contributed by atoms with Gasteiger partial charge in [0.05, 0.1) is 6.54 Å². The predicted molar refractivity (Wildman–Crippen MR) is 133 cm³/mol. The lowest BCUT2D eigenvalue weighted by atomic mass is 9.49. The molecule has 4 aliphatic carbocycles. The van der Waals surface area contributed by atoms with Crippen molar-refractivity contribution in [3.05, 3.63) is 51.2 Å². The topological polar surface area (TPSA) is 89.8 Å². The number of hydrogen-bond donors (Lipinski definition) is 1. The summed E-state index contributed by atoms with van der Waals surface area (Å²) in [6.07, 6.45) is 9.74. The van der Waals surface area contributed by atoms with Crippen LogP contribution in [0.3, 0.4) is 0 Å². The third-order valence-electron chi connectivity index (χ3n) is 7.67. The van der Waals surface area contributed by atoms with Gasteiger partial charge in [-0.1, -0.05) is 29.8 Å². The SMILES string of the molecule is O=C(COC(=O)CNC(=O)CC12CC3CC(CC(C3)C1)C2)N=c1sccn1Cc1ccccc1Cl. The summed E-state index contributed by atoms with van der Waals surface area (Å²) >= 11 is 7.54. The highest BCUT2D eigenvalue weighted by molar-refractivity contribution is 7.07. The second-order valence-corrected chi connectivity index (χ2v) is 11.7. The van der Waals surface area contributed by atoms with Crippen molar-refractivity contribution in [3.63, 3.8) is 0 Å². The Hall–Kier alpha value is -2.45. The van der Waals surface area contributed by atoms with E-state index in [1.165, 1.54) is 30.6 Å². The molecule has 0 radical (unpaired) electrons. The van der Waals surface area contributed by atoms with E-state index >= 15 is 0 Å². The molecule has 0 unspecified atom stereocenters. The van der Waals surface area contributed by atoms with Crippen LogP contribution < -0.4 is 10.1 Å². The van der Waals surface area contributed by atoms with Gasteiger partial charge in [-0.3, -0.25) is 14.4 Å². The normalized spacial score (nSPS) is 27.1. The quantitative estimate of drug-likeness (QED) is 0.539. The van der Waals surface area contributed by atoms with Gasteiger partial charge in [0.1, 0.15) is 6.54 Å². The van der Waals surface area contributed by atoms with Gasteiger partial charge in [0.2, 0.25) is 5.91 Å². The minimum absolute atomic E-state index is 0.0980. The summed E-state index contributed by atoms with van der Waals surface area (Å²) in [6, 6.07) is 7.49. The van der Waals surface area contributed by atoms with Crippen LogP contribution in [0.15, 0.2) is 40.8 Å². The number of esters is 1. The van der Waals surface area contributed by atoms with Gasteiger partial charge in [-0.15, -0.1) is 11.3 Å². The summed E-state index contributed by atoms with van der Waals surface area (Å²) in [4.78, 5) is 41.5. The largest absolute Gasteiger partial charge is 0.454 e. The molecule has 1 aromatic heterocycles. The van der Waals surface area contributed by atoms with Crippen LogP contribution in [-0.2, 0) is 25.7 Å². The third-order valence-corrected chi connectivity index (χ3v) is 8.83. The van der Waals surface area contributed by atoms with Crippen molar-refractivity contribution in [1.82, 2.24) is 9.88 Å². The fraction of sp³-hybridized carbons (Fsp3) is 0.538. The van der Waals surface area contributed by atoms with Gasteiger partial charge in [0.15, 0.2) is 11.4 Å². The van der Waals surface area contributed by atoms with Gasteiger partial charge in [-0.25, -0.2) is 0 Å². The van der Waals surface area contributed by atoms with Gasteiger partial charge in [0, 0.05) is 23.0 Å². The summed E-state index contributed by atoms with van der Waals surface area (Å²) in [7, 11) is 0. The molecule has 6 rings (SSSR count). The highest BCUT2D eigenvalue weighted by Crippen LogP contribution is 2.61. The summed E-state index contributed by atoms with van der Waals surface area (Å²) in [5, 5.41) is 5.17. The number of carbonyl (C=O) groups excluding carboxylic acids is 3. The van der Waals surface area contributed by atoms with Crippen LogP contribution in [0.2, 0.25) is 5.02 Å². The molecule has 1 aromatic carbocycles. The number of hydrogen-bond acceptors (Lipinski definition) is 5. The highest BCUT2D eigenvalue weighted by Gasteiger charge is 2.51. The van der Waals surface area contributed by atoms with Crippen LogP contribution in [0, 0.1) is 23.2 Å². The number of nitrogens with zero attached hydrogens (tertiary/aromatic N) is 2. The molecule has 186 valence electrons. The van der Waals surface area contributed by atoms with Crippen LogP contribution >= 0.6 is 22.9 Å². The van der Waals surface area contributed by atoms with E-state index in [9.17, 15) is 14.4 Å². The van der Waals surface area contributed by atoms with Gasteiger partial charge in [-0.05, 0) is 73.3 Å². The Morgan fingerprint density at radius 3 is 2.49 bits per heavy atom. The molecule has 1 heterocycles. The number of nitrogens with one attached hydrogen (secondary N) is 1. The number of aromatic nitrogens is 1. The van der Waals surface area contributed by atoms with Gasteiger partial charge in [0.25, 0.3) is 5.91 Å². The van der Waals surface area contributed by atoms with Crippen molar-refractivity contribution in [1.29, 1.82) is 0 Å². The van der Waals surface area contributed by atoms with Gasteiger partial charge >= 0.3 is 5.97 Å². The molecule has 0 atom stereocenters. The Kier molecular flexibility index (Phi) is 7.12. The fourth-order valence-corrected chi connectivity index (χ4v) is 7.67. The van der Waals surface area contributed by atoms with Crippen LogP contribution in [0.25, 0.3) is 0 Å². The zero-order valence-electron chi connectivity index (χ0n) is 19.6. The number of thiazole rings is 1. The van der Waals surface area contributed by atoms with Crippen molar-refractivity contribution in [2.24, 2.45) is 28.2 Å². The molecule has 2 amide bonds. The molecule has 7 nitrogen and oxygen atoms in total. The van der Waals surface area contributed by atoms with E-state index in [2.05, 4.69) is 10.3 Å². The van der Waals surface area contributed by atoms with E-state index in [-0.39, 0.29) is 17.9 Å². The van der Waals surface area contributed by atoms with Gasteiger partial charge in [-0.2, -0.15) is 4.99 Å². The Labute approximate surface area is 213 Å². The first-order chi connectivity index (χ1) is 16.9. The van der Waals surface area contributed by atoms with Crippen LogP contribution in [-0.4, -0.2) is 35.5 Å². The highest BCUT2D eigenvalue weighted by atomic mass is 35.5. The maximum absolute atomic E-state index is 12.6. The second kappa shape index (κ2) is 10.3. The van der Waals surface area contributed by atoms with E-state index in [0.717, 1.165) is 42.6 Å². The molecule has 4 fully saturated rings.